The van der Waals surface area contributed by atoms with Crippen LogP contribution in [0.15, 0.2) is 0 Å². The van der Waals surface area contributed by atoms with Crippen molar-refractivity contribution in [1.82, 2.24) is 5.32 Å². The van der Waals surface area contributed by atoms with Crippen molar-refractivity contribution in [2.75, 3.05) is 6.54 Å². The van der Waals surface area contributed by atoms with E-state index >= 15 is 0 Å². The fourth-order valence-electron chi connectivity index (χ4n) is 1.00. The fraction of sp³-hybridized carbons (Fsp3) is 0.714. The number of carbonyl (C=O) groups is 1. The second-order valence-electron chi connectivity index (χ2n) is 2.42. The van der Waals surface area contributed by atoms with Crippen LogP contribution in [0.2, 0.25) is 0 Å². The highest BCUT2D eigenvalue weighted by molar-refractivity contribution is 5.80. The van der Waals surface area contributed by atoms with Crippen molar-refractivity contribution in [2.45, 2.75) is 18.9 Å². The number of nitriles is 1. The number of nitrogens with two attached hydrogens (primary N) is 1. The van der Waals surface area contributed by atoms with Gasteiger partial charge in [0.05, 0.1) is 13.5 Å². The second-order valence-corrected chi connectivity index (χ2v) is 2.42. The standard InChI is InChI=1S/C7H11N3O/c8-4-6(9)3-5-1-2-10-7(5)11/h5-6H,1-3,9H2,(H,10,11)/t5?,6-/m0/s1/i5D,6D. The third kappa shape index (κ3) is 1.92. The van der Waals surface area contributed by atoms with Crippen LogP contribution < -0.4 is 11.1 Å². The van der Waals surface area contributed by atoms with Crippen LogP contribution in [-0.4, -0.2) is 18.5 Å². The Bertz CT molecular complexity index is 273. The molecule has 4 heteroatoms. The molecule has 0 aromatic carbocycles. The van der Waals surface area contributed by atoms with Crippen LogP contribution in [0.3, 0.4) is 0 Å². The van der Waals surface area contributed by atoms with Gasteiger partial charge in [-0.1, -0.05) is 0 Å². The number of amides is 1. The SMILES string of the molecule is [2H]C1(C[C@]([2H])(N)C#N)CCNC1=O. The van der Waals surface area contributed by atoms with Crippen LogP contribution >= 0.6 is 0 Å². The van der Waals surface area contributed by atoms with Crippen LogP contribution in [-0.2, 0) is 4.79 Å². The molecule has 1 rings (SSSR count). The van der Waals surface area contributed by atoms with Crippen molar-refractivity contribution in [3.8, 4) is 6.07 Å². The maximum Gasteiger partial charge on any atom is 0.223 e. The zero-order valence-corrected chi connectivity index (χ0v) is 6.05. The lowest BCUT2D eigenvalue weighted by Gasteiger charge is -2.06. The first-order valence-electron chi connectivity index (χ1n) is 4.38. The Morgan fingerprint density at radius 2 is 2.91 bits per heavy atom. The summed E-state index contributed by atoms with van der Waals surface area (Å²) in [7, 11) is 0. The van der Waals surface area contributed by atoms with Crippen molar-refractivity contribution in [3.63, 3.8) is 0 Å². The minimum Gasteiger partial charge on any atom is -0.356 e. The van der Waals surface area contributed by atoms with Crippen LogP contribution in [0, 0.1) is 17.2 Å². The van der Waals surface area contributed by atoms with Gasteiger partial charge in [-0.15, -0.1) is 0 Å². The number of nitrogens with one attached hydrogen (secondary N) is 1. The van der Waals surface area contributed by atoms with Crippen molar-refractivity contribution < 1.29 is 7.54 Å². The lowest BCUT2D eigenvalue weighted by atomic mass is 10.00. The van der Waals surface area contributed by atoms with Crippen molar-refractivity contribution in [1.29, 1.82) is 5.26 Å². The largest absolute Gasteiger partial charge is 0.356 e. The summed E-state index contributed by atoms with van der Waals surface area (Å²) in [5.74, 6) is -1.84. The third-order valence-corrected chi connectivity index (χ3v) is 1.58. The van der Waals surface area contributed by atoms with Gasteiger partial charge in [0.2, 0.25) is 5.91 Å². The summed E-state index contributed by atoms with van der Waals surface area (Å²) < 4.78 is 15.0. The van der Waals surface area contributed by atoms with Crippen molar-refractivity contribution in [2.24, 2.45) is 11.6 Å². The number of rotatable bonds is 2. The van der Waals surface area contributed by atoms with E-state index in [1.807, 2.05) is 0 Å². The van der Waals surface area contributed by atoms with Gasteiger partial charge in [0.25, 0.3) is 0 Å². The topological polar surface area (TPSA) is 78.9 Å². The molecule has 60 valence electrons. The molecule has 1 fully saturated rings. The van der Waals surface area contributed by atoms with Crippen LogP contribution in [0.1, 0.15) is 15.6 Å². The molecule has 3 N–H and O–H groups in total. The smallest absolute Gasteiger partial charge is 0.223 e. The van der Waals surface area contributed by atoms with Crippen LogP contribution in [0.25, 0.3) is 0 Å². The summed E-state index contributed by atoms with van der Waals surface area (Å²) in [5.41, 5.74) is 5.25. The maximum atomic E-state index is 11.1. The molecule has 0 aromatic rings. The quantitative estimate of drug-likeness (QED) is 0.557. The van der Waals surface area contributed by atoms with Gasteiger partial charge in [0, 0.05) is 13.8 Å². The van der Waals surface area contributed by atoms with E-state index < -0.39 is 17.8 Å². The normalized spacial score (nSPS) is 38.0. The second kappa shape index (κ2) is 3.35. The van der Waals surface area contributed by atoms with Gasteiger partial charge in [-0.25, -0.2) is 0 Å². The van der Waals surface area contributed by atoms with Crippen LogP contribution in [0.5, 0.6) is 0 Å². The van der Waals surface area contributed by atoms with E-state index in [-0.39, 0.29) is 6.42 Å². The molecule has 1 aliphatic heterocycles. The molecule has 0 radical (unpaired) electrons. The minimum absolute atomic E-state index is 0.248. The van der Waals surface area contributed by atoms with Crippen LogP contribution in [0.4, 0.5) is 0 Å². The zero-order chi connectivity index (χ0) is 10.1. The predicted octanol–water partition coefficient (Wildman–Crippen LogP) is -0.637. The van der Waals surface area contributed by atoms with Gasteiger partial charge in [0.1, 0.15) is 0 Å². The van der Waals surface area contributed by atoms with Crippen molar-refractivity contribution in [3.05, 3.63) is 0 Å². The summed E-state index contributed by atoms with van der Waals surface area (Å²) in [6, 6.07) is -0.285. The third-order valence-electron chi connectivity index (χ3n) is 1.58. The first-order valence-corrected chi connectivity index (χ1v) is 3.38. The molecule has 1 heterocycles. The molecule has 2 atom stereocenters. The van der Waals surface area contributed by atoms with Gasteiger partial charge in [-0.3, -0.25) is 4.79 Å². The Labute approximate surface area is 68.2 Å². The first kappa shape index (κ1) is 5.56. The lowest BCUT2D eigenvalue weighted by molar-refractivity contribution is -0.122. The molecule has 0 bridgehead atoms. The molecular weight excluding hydrogens is 142 g/mol. The van der Waals surface area contributed by atoms with E-state index in [0.717, 1.165) is 0 Å². The number of nitrogens with zero attached hydrogens (tertiary/aromatic N) is 1. The first-order chi connectivity index (χ1) is 5.90. The zero-order valence-electron chi connectivity index (χ0n) is 8.05. The summed E-state index contributed by atoms with van der Waals surface area (Å²) >= 11 is 0. The molecule has 0 aliphatic carbocycles. The lowest BCUT2D eigenvalue weighted by Crippen LogP contribution is -2.26. The van der Waals surface area contributed by atoms with E-state index in [0.29, 0.717) is 13.0 Å². The van der Waals surface area contributed by atoms with Gasteiger partial charge in [-0.2, -0.15) is 5.26 Å². The molecule has 1 amide bonds. The van der Waals surface area contributed by atoms with Gasteiger partial charge in [-0.05, 0) is 12.8 Å². The Kier molecular flexibility index (Phi) is 1.69. The predicted molar refractivity (Wildman–Crippen MR) is 39.3 cm³/mol. The number of hydrogen-bond acceptors (Lipinski definition) is 3. The van der Waals surface area contributed by atoms with E-state index in [1.54, 1.807) is 6.07 Å². The monoisotopic (exact) mass is 155 g/mol. The van der Waals surface area contributed by atoms with E-state index in [9.17, 15) is 4.79 Å². The molecular formula is C7H11N3O. The number of hydrogen-bond donors (Lipinski definition) is 2. The Hall–Kier alpha value is -1.08. The van der Waals surface area contributed by atoms with E-state index in [4.69, 9.17) is 13.7 Å². The Balaban J connectivity index is 2.73. The highest BCUT2D eigenvalue weighted by atomic mass is 16.2. The summed E-state index contributed by atoms with van der Waals surface area (Å²) in [5, 5.41) is 11.0. The molecule has 4 nitrogen and oxygen atoms in total. The average molecular weight is 155 g/mol. The Morgan fingerprint density at radius 3 is 3.36 bits per heavy atom. The molecule has 0 aromatic heterocycles. The van der Waals surface area contributed by atoms with Gasteiger partial charge < -0.3 is 11.1 Å². The van der Waals surface area contributed by atoms with Crippen molar-refractivity contribution >= 4 is 5.91 Å². The Morgan fingerprint density at radius 1 is 2.18 bits per heavy atom. The molecule has 1 aliphatic rings. The fourth-order valence-corrected chi connectivity index (χ4v) is 1.00. The van der Waals surface area contributed by atoms with Gasteiger partial charge in [0.15, 0.2) is 0 Å². The average Bonchev–Trinajstić information content (AvgIpc) is 2.31. The van der Waals surface area contributed by atoms with Gasteiger partial charge >= 0.3 is 0 Å². The molecule has 1 unspecified atom stereocenters. The van der Waals surface area contributed by atoms with E-state index in [2.05, 4.69) is 5.32 Å². The summed E-state index contributed by atoms with van der Waals surface area (Å²) in [6.07, 6.45) is 0.0632. The maximum absolute atomic E-state index is 11.1. The molecule has 11 heavy (non-hydrogen) atoms. The van der Waals surface area contributed by atoms with E-state index in [1.165, 1.54) is 0 Å². The summed E-state index contributed by atoms with van der Waals surface area (Å²) in [6.45, 7) is 0.420. The highest BCUT2D eigenvalue weighted by Crippen LogP contribution is 2.14. The minimum atomic E-state index is -1.84. The molecule has 0 saturated carbocycles. The highest BCUT2D eigenvalue weighted by Gasteiger charge is 2.25. The number of carbonyl (C=O) groups excluding carboxylic acids is 1. The molecule has 0 spiro atoms. The molecule has 1 saturated heterocycles. The summed E-state index contributed by atoms with van der Waals surface area (Å²) in [4.78, 5) is 11.1.